The highest BCUT2D eigenvalue weighted by Crippen LogP contribution is 2.37. The maximum Gasteiger partial charge on any atom is 0.263 e. The molecule has 1 nitrogen and oxygen atoms in total. The molecule has 1 aromatic carbocycles. The van der Waals surface area contributed by atoms with E-state index in [1.165, 1.54) is 0 Å². The molecule has 0 atom stereocenters. The lowest BCUT2D eigenvalue weighted by atomic mass is 10.0. The van der Waals surface area contributed by atoms with Gasteiger partial charge >= 0.3 is 0 Å². The Morgan fingerprint density at radius 3 is 2.38 bits per heavy atom. The van der Waals surface area contributed by atoms with E-state index < -0.39 is 29.2 Å². The Labute approximate surface area is 90.3 Å². The van der Waals surface area contributed by atoms with Gasteiger partial charge in [-0.05, 0) is 37.0 Å². The summed E-state index contributed by atoms with van der Waals surface area (Å²) >= 11 is 0. The second-order valence-electron chi connectivity index (χ2n) is 4.32. The number of hydrogen-bond acceptors (Lipinski definition) is 1. The maximum absolute atomic E-state index is 13.3. The van der Waals surface area contributed by atoms with E-state index in [0.717, 1.165) is 6.07 Å². The van der Waals surface area contributed by atoms with Gasteiger partial charge < -0.3 is 5.73 Å². The monoisotopic (exact) mass is 233 g/mol. The van der Waals surface area contributed by atoms with Crippen LogP contribution in [0.15, 0.2) is 12.1 Å². The maximum atomic E-state index is 13.3. The van der Waals surface area contributed by atoms with E-state index in [4.69, 9.17) is 5.73 Å². The van der Waals surface area contributed by atoms with Crippen LogP contribution in [0.2, 0.25) is 0 Å². The second kappa shape index (κ2) is 3.73. The van der Waals surface area contributed by atoms with E-state index in [-0.39, 0.29) is 12.0 Å². The van der Waals surface area contributed by atoms with Gasteiger partial charge in [0.15, 0.2) is 11.6 Å². The predicted octanol–water partition coefficient (Wildman–Crippen LogP) is 2.94. The van der Waals surface area contributed by atoms with Gasteiger partial charge in [-0.3, -0.25) is 0 Å². The van der Waals surface area contributed by atoms with Crippen molar-refractivity contribution in [1.82, 2.24) is 0 Å². The van der Waals surface area contributed by atoms with Crippen LogP contribution in [-0.4, -0.2) is 5.54 Å². The molecular weight excluding hydrogens is 222 g/mol. The van der Waals surface area contributed by atoms with E-state index in [1.54, 1.807) is 0 Å². The van der Waals surface area contributed by atoms with Crippen LogP contribution in [0.4, 0.5) is 17.6 Å². The van der Waals surface area contributed by atoms with Crippen molar-refractivity contribution in [1.29, 1.82) is 0 Å². The molecule has 2 rings (SSSR count). The van der Waals surface area contributed by atoms with Crippen molar-refractivity contribution in [2.24, 2.45) is 5.73 Å². The first-order valence-electron chi connectivity index (χ1n) is 4.96. The second-order valence-corrected chi connectivity index (χ2v) is 4.32. The lowest BCUT2D eigenvalue weighted by molar-refractivity contribution is 0.150. The standard InChI is InChI=1S/C11H11F4N/c12-8-4-6(10(14)15)3-7(9(8)13)5-11(16)1-2-11/h3-4,10H,1-2,5,16H2. The third kappa shape index (κ3) is 2.19. The lowest BCUT2D eigenvalue weighted by Crippen LogP contribution is -2.25. The molecule has 0 spiro atoms. The average Bonchev–Trinajstić information content (AvgIpc) is 2.91. The molecular formula is C11H11F4N. The summed E-state index contributed by atoms with van der Waals surface area (Å²) in [5.41, 5.74) is 4.65. The summed E-state index contributed by atoms with van der Waals surface area (Å²) in [5, 5.41) is 0. The molecule has 1 saturated carbocycles. The van der Waals surface area contributed by atoms with Gasteiger partial charge in [-0.25, -0.2) is 17.6 Å². The zero-order chi connectivity index (χ0) is 11.9. The summed E-state index contributed by atoms with van der Waals surface area (Å²) in [6.07, 6.45) is -1.27. The molecule has 1 aromatic rings. The molecule has 1 aliphatic carbocycles. The summed E-state index contributed by atoms with van der Waals surface area (Å²) in [6.45, 7) is 0. The van der Waals surface area contributed by atoms with Crippen LogP contribution in [-0.2, 0) is 6.42 Å². The van der Waals surface area contributed by atoms with E-state index >= 15 is 0 Å². The van der Waals surface area contributed by atoms with Gasteiger partial charge in [-0.1, -0.05) is 0 Å². The molecule has 0 aromatic heterocycles. The summed E-state index contributed by atoms with van der Waals surface area (Å²) in [6, 6.07) is 1.52. The number of hydrogen-bond donors (Lipinski definition) is 1. The van der Waals surface area contributed by atoms with E-state index in [9.17, 15) is 17.6 Å². The minimum Gasteiger partial charge on any atom is -0.325 e. The first-order valence-corrected chi connectivity index (χ1v) is 4.96. The van der Waals surface area contributed by atoms with Crippen LogP contribution in [0, 0.1) is 11.6 Å². The first kappa shape index (κ1) is 11.4. The summed E-state index contributed by atoms with van der Waals surface area (Å²) < 4.78 is 51.1. The Hall–Kier alpha value is -1.10. The summed E-state index contributed by atoms with van der Waals surface area (Å²) in [5.74, 6) is -2.31. The zero-order valence-corrected chi connectivity index (χ0v) is 8.44. The van der Waals surface area contributed by atoms with Crippen LogP contribution < -0.4 is 5.73 Å². The average molecular weight is 233 g/mol. The fraction of sp³-hybridized carbons (Fsp3) is 0.455. The van der Waals surface area contributed by atoms with E-state index in [1.807, 2.05) is 0 Å². The minimum absolute atomic E-state index is 0.0599. The Kier molecular flexibility index (Phi) is 2.66. The highest BCUT2D eigenvalue weighted by molar-refractivity contribution is 5.30. The molecule has 0 amide bonds. The molecule has 1 aliphatic rings. The molecule has 16 heavy (non-hydrogen) atoms. The molecule has 88 valence electrons. The molecule has 1 fully saturated rings. The minimum atomic E-state index is -2.80. The molecule has 0 saturated heterocycles. The van der Waals surface area contributed by atoms with Gasteiger partial charge in [-0.15, -0.1) is 0 Å². The van der Waals surface area contributed by atoms with Crippen LogP contribution >= 0.6 is 0 Å². The smallest absolute Gasteiger partial charge is 0.263 e. The lowest BCUT2D eigenvalue weighted by Gasteiger charge is -2.11. The van der Waals surface area contributed by atoms with Crippen molar-refractivity contribution in [2.45, 2.75) is 31.2 Å². The normalized spacial score (nSPS) is 17.9. The number of rotatable bonds is 3. The predicted molar refractivity (Wildman–Crippen MR) is 51.2 cm³/mol. The molecule has 0 aliphatic heterocycles. The van der Waals surface area contributed by atoms with Crippen LogP contribution in [0.5, 0.6) is 0 Å². The summed E-state index contributed by atoms with van der Waals surface area (Å²) in [7, 11) is 0. The Morgan fingerprint density at radius 2 is 1.88 bits per heavy atom. The fourth-order valence-corrected chi connectivity index (χ4v) is 1.64. The van der Waals surface area contributed by atoms with Gasteiger partial charge in [-0.2, -0.15) is 0 Å². The van der Waals surface area contributed by atoms with Crippen molar-refractivity contribution in [3.63, 3.8) is 0 Å². The molecule has 0 bridgehead atoms. The van der Waals surface area contributed by atoms with Crippen molar-refractivity contribution in [2.75, 3.05) is 0 Å². The van der Waals surface area contributed by atoms with Crippen LogP contribution in [0.25, 0.3) is 0 Å². The van der Waals surface area contributed by atoms with E-state index in [0.29, 0.717) is 18.9 Å². The number of nitrogens with two attached hydrogens (primary N) is 1. The van der Waals surface area contributed by atoms with Gasteiger partial charge in [0.05, 0.1) is 0 Å². The van der Waals surface area contributed by atoms with E-state index in [2.05, 4.69) is 0 Å². The topological polar surface area (TPSA) is 26.0 Å². The third-order valence-electron chi connectivity index (χ3n) is 2.81. The molecule has 5 heteroatoms. The molecule has 2 N–H and O–H groups in total. The first-order chi connectivity index (χ1) is 7.41. The zero-order valence-electron chi connectivity index (χ0n) is 8.44. The van der Waals surface area contributed by atoms with Crippen molar-refractivity contribution >= 4 is 0 Å². The number of alkyl halides is 2. The van der Waals surface area contributed by atoms with Gasteiger partial charge in [0.2, 0.25) is 0 Å². The number of halogens is 4. The highest BCUT2D eigenvalue weighted by atomic mass is 19.3. The summed E-state index contributed by atoms with van der Waals surface area (Å²) in [4.78, 5) is 0. The van der Waals surface area contributed by atoms with Gasteiger partial charge in [0.25, 0.3) is 6.43 Å². The quantitative estimate of drug-likeness (QED) is 0.798. The largest absolute Gasteiger partial charge is 0.325 e. The van der Waals surface area contributed by atoms with Crippen molar-refractivity contribution in [3.05, 3.63) is 34.9 Å². The Balaban J connectivity index is 2.34. The van der Waals surface area contributed by atoms with Crippen LogP contribution in [0.1, 0.15) is 30.4 Å². The molecule has 0 unspecified atom stereocenters. The molecule has 0 heterocycles. The highest BCUT2D eigenvalue weighted by Gasteiger charge is 2.39. The Morgan fingerprint density at radius 1 is 1.25 bits per heavy atom. The number of benzene rings is 1. The SMILES string of the molecule is NC1(Cc2cc(C(F)F)cc(F)c2F)CC1. The third-order valence-corrected chi connectivity index (χ3v) is 2.81. The van der Waals surface area contributed by atoms with Gasteiger partial charge in [0.1, 0.15) is 0 Å². The van der Waals surface area contributed by atoms with Crippen LogP contribution in [0.3, 0.4) is 0 Å². The molecule has 0 radical (unpaired) electrons. The fourth-order valence-electron chi connectivity index (χ4n) is 1.64. The van der Waals surface area contributed by atoms with Crippen molar-refractivity contribution < 1.29 is 17.6 Å². The van der Waals surface area contributed by atoms with Gasteiger partial charge in [0, 0.05) is 11.1 Å². The Bertz CT molecular complexity index is 413. The van der Waals surface area contributed by atoms with Crippen molar-refractivity contribution in [3.8, 4) is 0 Å².